The summed E-state index contributed by atoms with van der Waals surface area (Å²) in [5.41, 5.74) is 4.67. The summed E-state index contributed by atoms with van der Waals surface area (Å²) in [5, 5.41) is 4.15. The second kappa shape index (κ2) is 9.03. The van der Waals surface area contributed by atoms with E-state index >= 15 is 0 Å². The van der Waals surface area contributed by atoms with Crippen LogP contribution in [0.15, 0.2) is 61.2 Å². The number of amides is 1. The maximum Gasteiger partial charge on any atom is 0.350 e. The molecule has 0 saturated carbocycles. The number of carbonyl (C=O) groups excluding carboxylic acids is 2. The normalized spacial score (nSPS) is 11.2. The number of aryl methyl sites for hydroxylation is 2. The van der Waals surface area contributed by atoms with E-state index in [0.717, 1.165) is 44.4 Å². The van der Waals surface area contributed by atoms with Gasteiger partial charge in [-0.1, -0.05) is 54.3 Å². The number of thiazole rings is 1. The fraction of sp³-hybridized carbons (Fsp3) is 0.160. The van der Waals surface area contributed by atoms with E-state index in [1.54, 1.807) is 6.92 Å². The molecule has 34 heavy (non-hydrogen) atoms. The number of nitrogens with zero attached hydrogens (tertiary/aromatic N) is 4. The first kappa shape index (κ1) is 21.7. The molecule has 3 heterocycles. The van der Waals surface area contributed by atoms with Crippen LogP contribution < -0.4 is 5.32 Å². The first-order valence-electron chi connectivity index (χ1n) is 10.7. The number of ether oxygens (including phenoxy) is 1. The Morgan fingerprint density at radius 2 is 1.82 bits per heavy atom. The molecule has 3 aromatic heterocycles. The quantitative estimate of drug-likeness (QED) is 0.268. The molecule has 0 unspecified atom stereocenters. The summed E-state index contributed by atoms with van der Waals surface area (Å²) >= 11 is 1.10. The van der Waals surface area contributed by atoms with Gasteiger partial charge in [0.1, 0.15) is 17.0 Å². The van der Waals surface area contributed by atoms with Gasteiger partial charge in [0.05, 0.1) is 22.2 Å². The van der Waals surface area contributed by atoms with Gasteiger partial charge in [0, 0.05) is 18.4 Å². The minimum atomic E-state index is -0.480. The predicted molar refractivity (Wildman–Crippen MR) is 133 cm³/mol. The third-order valence-electron chi connectivity index (χ3n) is 5.38. The lowest BCUT2D eigenvalue weighted by Gasteiger charge is -2.07. The van der Waals surface area contributed by atoms with E-state index < -0.39 is 5.97 Å². The number of rotatable bonds is 7. The van der Waals surface area contributed by atoms with E-state index in [2.05, 4.69) is 16.9 Å². The van der Waals surface area contributed by atoms with Gasteiger partial charge in [-0.25, -0.2) is 19.7 Å². The average molecular weight is 472 g/mol. The van der Waals surface area contributed by atoms with Crippen molar-refractivity contribution in [1.29, 1.82) is 0 Å². The second-order valence-electron chi connectivity index (χ2n) is 7.67. The third kappa shape index (κ3) is 4.01. The van der Waals surface area contributed by atoms with Gasteiger partial charge in [0.25, 0.3) is 0 Å². The summed E-state index contributed by atoms with van der Waals surface area (Å²) in [4.78, 5) is 39.2. The Morgan fingerprint density at radius 3 is 2.62 bits per heavy atom. The summed E-state index contributed by atoms with van der Waals surface area (Å²) in [7, 11) is 0. The molecule has 0 spiro atoms. The zero-order valence-corrected chi connectivity index (χ0v) is 19.3. The molecule has 0 aliphatic heterocycles. The van der Waals surface area contributed by atoms with Crippen LogP contribution in [0.4, 0.5) is 5.13 Å². The minimum absolute atomic E-state index is 0.120. The zero-order chi connectivity index (χ0) is 23.7. The standard InChI is InChI=1S/C25H21N5O3S/c1-3-14-33-24(32)22-15(2)26-25(34-22)29-20(31)12-13-30-19-11-7-4-8-16(19)21-23(30)28-18-10-6-5-9-17(18)27-21/h3-11H,1,12-14H2,2H3,(H,26,29,31). The van der Waals surface area contributed by atoms with Crippen LogP contribution in [-0.2, 0) is 16.1 Å². The van der Waals surface area contributed by atoms with E-state index in [4.69, 9.17) is 14.7 Å². The van der Waals surface area contributed by atoms with Crippen LogP contribution in [0, 0.1) is 6.92 Å². The van der Waals surface area contributed by atoms with Gasteiger partial charge in [0.2, 0.25) is 5.91 Å². The molecule has 5 aromatic rings. The van der Waals surface area contributed by atoms with Crippen molar-refractivity contribution < 1.29 is 14.3 Å². The van der Waals surface area contributed by atoms with Crippen LogP contribution in [0.1, 0.15) is 21.8 Å². The lowest BCUT2D eigenvalue weighted by Crippen LogP contribution is -2.14. The number of para-hydroxylation sites is 3. The van der Waals surface area contributed by atoms with E-state index in [0.29, 0.717) is 22.2 Å². The second-order valence-corrected chi connectivity index (χ2v) is 8.67. The lowest BCUT2D eigenvalue weighted by atomic mass is 10.2. The van der Waals surface area contributed by atoms with Crippen LogP contribution in [0.3, 0.4) is 0 Å². The highest BCUT2D eigenvalue weighted by molar-refractivity contribution is 7.17. The van der Waals surface area contributed by atoms with Crippen LogP contribution >= 0.6 is 11.3 Å². The topological polar surface area (TPSA) is 99.0 Å². The van der Waals surface area contributed by atoms with Crippen molar-refractivity contribution in [2.24, 2.45) is 0 Å². The van der Waals surface area contributed by atoms with Gasteiger partial charge >= 0.3 is 5.97 Å². The Hall–Kier alpha value is -4.11. The summed E-state index contributed by atoms with van der Waals surface area (Å²) < 4.78 is 7.09. The number of fused-ring (bicyclic) bond motifs is 4. The van der Waals surface area contributed by atoms with Gasteiger partial charge in [-0.05, 0) is 25.1 Å². The molecule has 8 nitrogen and oxygen atoms in total. The smallest absolute Gasteiger partial charge is 0.350 e. The average Bonchev–Trinajstić information content (AvgIpc) is 3.36. The van der Waals surface area contributed by atoms with Gasteiger partial charge in [0.15, 0.2) is 10.8 Å². The molecule has 0 aliphatic rings. The number of benzene rings is 2. The maximum atomic E-state index is 12.7. The van der Waals surface area contributed by atoms with E-state index in [1.165, 1.54) is 6.08 Å². The third-order valence-corrected chi connectivity index (χ3v) is 6.43. The fourth-order valence-electron chi connectivity index (χ4n) is 3.84. The molecule has 1 N–H and O–H groups in total. The molecule has 0 bridgehead atoms. The summed E-state index contributed by atoms with van der Waals surface area (Å²) in [5.74, 6) is -0.689. The van der Waals surface area contributed by atoms with Gasteiger partial charge < -0.3 is 14.6 Å². The number of carbonyl (C=O) groups is 2. The highest BCUT2D eigenvalue weighted by atomic mass is 32.1. The van der Waals surface area contributed by atoms with Crippen LogP contribution in [-0.4, -0.2) is 38.0 Å². The molecule has 5 rings (SSSR count). The van der Waals surface area contributed by atoms with Crippen molar-refractivity contribution in [3.05, 3.63) is 71.8 Å². The van der Waals surface area contributed by atoms with Crippen molar-refractivity contribution in [3.8, 4) is 0 Å². The molecule has 170 valence electrons. The Bertz CT molecular complexity index is 1570. The lowest BCUT2D eigenvalue weighted by molar-refractivity contribution is -0.116. The van der Waals surface area contributed by atoms with Gasteiger partial charge in [-0.15, -0.1) is 0 Å². The highest BCUT2D eigenvalue weighted by Gasteiger charge is 2.19. The monoisotopic (exact) mass is 471 g/mol. The van der Waals surface area contributed by atoms with Crippen LogP contribution in [0.25, 0.3) is 33.1 Å². The number of hydrogen-bond acceptors (Lipinski definition) is 7. The molecule has 0 saturated heterocycles. The van der Waals surface area contributed by atoms with Gasteiger partial charge in [-0.3, -0.25) is 4.79 Å². The number of aromatic nitrogens is 4. The predicted octanol–water partition coefficient (Wildman–Crippen LogP) is 4.87. The van der Waals surface area contributed by atoms with Crippen molar-refractivity contribution in [2.75, 3.05) is 11.9 Å². The molecule has 0 atom stereocenters. The summed E-state index contributed by atoms with van der Waals surface area (Å²) in [6.07, 6.45) is 1.70. The SMILES string of the molecule is C=CCOC(=O)c1sc(NC(=O)CCn2c3ccccc3c3nc4ccccc4nc32)nc1C. The van der Waals surface area contributed by atoms with Gasteiger partial charge in [-0.2, -0.15) is 0 Å². The zero-order valence-electron chi connectivity index (χ0n) is 18.4. The summed E-state index contributed by atoms with van der Waals surface area (Å²) in [6.45, 7) is 5.77. The van der Waals surface area contributed by atoms with Crippen molar-refractivity contribution in [1.82, 2.24) is 19.5 Å². The number of hydrogen-bond donors (Lipinski definition) is 1. The number of nitrogens with one attached hydrogen (secondary N) is 1. The number of esters is 1. The molecule has 1 amide bonds. The number of anilines is 1. The molecule has 0 fully saturated rings. The Morgan fingerprint density at radius 1 is 1.09 bits per heavy atom. The Labute approximate surface area is 198 Å². The first-order valence-corrected chi connectivity index (χ1v) is 11.6. The summed E-state index contributed by atoms with van der Waals surface area (Å²) in [6, 6.07) is 15.7. The largest absolute Gasteiger partial charge is 0.457 e. The maximum absolute atomic E-state index is 12.7. The van der Waals surface area contributed by atoms with Crippen molar-refractivity contribution in [3.63, 3.8) is 0 Å². The van der Waals surface area contributed by atoms with Crippen LogP contribution in [0.2, 0.25) is 0 Å². The molecule has 2 aromatic carbocycles. The fourth-order valence-corrected chi connectivity index (χ4v) is 4.72. The molecule has 0 aliphatic carbocycles. The highest BCUT2D eigenvalue weighted by Crippen LogP contribution is 2.29. The van der Waals surface area contributed by atoms with E-state index in [9.17, 15) is 9.59 Å². The molecular weight excluding hydrogens is 450 g/mol. The molecule has 0 radical (unpaired) electrons. The molecular formula is C25H21N5O3S. The van der Waals surface area contributed by atoms with E-state index in [-0.39, 0.29) is 18.9 Å². The molecule has 9 heteroatoms. The van der Waals surface area contributed by atoms with Crippen molar-refractivity contribution in [2.45, 2.75) is 19.9 Å². The van der Waals surface area contributed by atoms with Crippen molar-refractivity contribution >= 4 is 61.4 Å². The first-order chi connectivity index (χ1) is 16.5. The Balaban J connectivity index is 1.39. The Kier molecular flexibility index (Phi) is 5.77. The van der Waals surface area contributed by atoms with Crippen LogP contribution in [0.5, 0.6) is 0 Å². The van der Waals surface area contributed by atoms with E-state index in [1.807, 2.05) is 53.1 Å². The minimum Gasteiger partial charge on any atom is -0.457 e.